The quantitative estimate of drug-likeness (QED) is 0.799. The average molecular weight is 229 g/mol. The van der Waals surface area contributed by atoms with Crippen molar-refractivity contribution in [3.05, 3.63) is 53.0 Å². The summed E-state index contributed by atoms with van der Waals surface area (Å²) in [6.07, 6.45) is 10.5. The van der Waals surface area contributed by atoms with Crippen molar-refractivity contribution >= 4 is 0 Å². The van der Waals surface area contributed by atoms with Crippen LogP contribution < -0.4 is 5.69 Å². The molecule has 1 aliphatic rings. The van der Waals surface area contributed by atoms with Gasteiger partial charge in [0.2, 0.25) is 0 Å². The molecule has 0 spiro atoms. The van der Waals surface area contributed by atoms with E-state index >= 15 is 0 Å². The highest BCUT2D eigenvalue weighted by atomic mass is 16.1. The van der Waals surface area contributed by atoms with Crippen molar-refractivity contribution in [1.29, 1.82) is 0 Å². The summed E-state index contributed by atoms with van der Waals surface area (Å²) >= 11 is 0. The number of rotatable bonds is 4. The molecule has 1 fully saturated rings. The minimum absolute atomic E-state index is 0.126. The van der Waals surface area contributed by atoms with Crippen LogP contribution in [0.4, 0.5) is 0 Å². The highest BCUT2D eigenvalue weighted by molar-refractivity contribution is 5.09. The van der Waals surface area contributed by atoms with E-state index in [9.17, 15) is 4.79 Å². The van der Waals surface area contributed by atoms with E-state index in [4.69, 9.17) is 0 Å². The molecule has 4 nitrogen and oxygen atoms in total. The zero-order chi connectivity index (χ0) is 11.7. The molecule has 2 aromatic rings. The molecule has 1 saturated carbocycles. The van der Waals surface area contributed by atoms with Gasteiger partial charge in [-0.25, -0.2) is 4.79 Å². The number of hydrogen-bond acceptors (Lipinski definition) is 2. The predicted molar refractivity (Wildman–Crippen MR) is 64.9 cm³/mol. The van der Waals surface area contributed by atoms with Gasteiger partial charge in [0.25, 0.3) is 0 Å². The molecule has 0 unspecified atom stereocenters. The lowest BCUT2D eigenvalue weighted by molar-refractivity contribution is 0.619. The Morgan fingerprint density at radius 3 is 2.71 bits per heavy atom. The zero-order valence-corrected chi connectivity index (χ0v) is 9.62. The molecule has 0 amide bonds. The van der Waals surface area contributed by atoms with Gasteiger partial charge in [-0.05, 0) is 37.0 Å². The molecule has 0 radical (unpaired) electrons. The van der Waals surface area contributed by atoms with Crippen molar-refractivity contribution in [3.63, 3.8) is 0 Å². The summed E-state index contributed by atoms with van der Waals surface area (Å²) < 4.78 is 3.64. The number of imidazole rings is 1. The molecule has 2 heterocycles. The molecule has 0 aromatic carbocycles. The molecular formula is C13H15N3O. The molecule has 3 rings (SSSR count). The SMILES string of the molecule is O=c1n(CCc2ccncc2)ccn1C1CC1. The smallest absolute Gasteiger partial charge is 0.299 e. The van der Waals surface area contributed by atoms with Gasteiger partial charge in [0.05, 0.1) is 0 Å². The number of aromatic nitrogens is 3. The van der Waals surface area contributed by atoms with Crippen LogP contribution in [0.5, 0.6) is 0 Å². The molecule has 0 bridgehead atoms. The van der Waals surface area contributed by atoms with Gasteiger partial charge in [-0.1, -0.05) is 0 Å². The first-order valence-corrected chi connectivity index (χ1v) is 6.01. The minimum Gasteiger partial charge on any atom is -0.299 e. The maximum absolute atomic E-state index is 12.0. The van der Waals surface area contributed by atoms with E-state index in [-0.39, 0.29) is 5.69 Å². The fraction of sp³-hybridized carbons (Fsp3) is 0.385. The monoisotopic (exact) mass is 229 g/mol. The molecule has 17 heavy (non-hydrogen) atoms. The van der Waals surface area contributed by atoms with Crippen LogP contribution in [-0.2, 0) is 13.0 Å². The van der Waals surface area contributed by atoms with Crippen molar-refractivity contribution in [3.8, 4) is 0 Å². The molecule has 88 valence electrons. The topological polar surface area (TPSA) is 39.8 Å². The lowest BCUT2D eigenvalue weighted by atomic mass is 10.2. The average Bonchev–Trinajstić information content (AvgIpc) is 3.13. The van der Waals surface area contributed by atoms with E-state index in [1.54, 1.807) is 17.0 Å². The highest BCUT2D eigenvalue weighted by Gasteiger charge is 2.25. The van der Waals surface area contributed by atoms with Crippen LogP contribution in [0.1, 0.15) is 24.4 Å². The van der Waals surface area contributed by atoms with Gasteiger partial charge in [-0.2, -0.15) is 0 Å². The molecular weight excluding hydrogens is 214 g/mol. The van der Waals surface area contributed by atoms with Crippen LogP contribution in [-0.4, -0.2) is 14.1 Å². The first-order chi connectivity index (χ1) is 8.34. The lowest BCUT2D eigenvalue weighted by Crippen LogP contribution is -2.24. The minimum atomic E-state index is 0.126. The predicted octanol–water partition coefficient (Wildman–Crippen LogP) is 1.62. The van der Waals surface area contributed by atoms with Crippen molar-refractivity contribution < 1.29 is 0 Å². The number of pyridine rings is 1. The first-order valence-electron chi connectivity index (χ1n) is 6.01. The van der Waals surface area contributed by atoms with Crippen LogP contribution in [0.25, 0.3) is 0 Å². The zero-order valence-electron chi connectivity index (χ0n) is 9.62. The largest absolute Gasteiger partial charge is 0.328 e. The van der Waals surface area contributed by atoms with Gasteiger partial charge in [-0.3, -0.25) is 14.1 Å². The van der Waals surface area contributed by atoms with Gasteiger partial charge >= 0.3 is 5.69 Å². The molecule has 1 aliphatic carbocycles. The van der Waals surface area contributed by atoms with Gasteiger partial charge in [0.1, 0.15) is 0 Å². The third kappa shape index (κ3) is 2.16. The first kappa shape index (κ1) is 10.3. The Kier molecular flexibility index (Phi) is 2.55. The van der Waals surface area contributed by atoms with E-state index in [1.165, 1.54) is 5.56 Å². The molecule has 0 aliphatic heterocycles. The second-order valence-electron chi connectivity index (χ2n) is 4.52. The Balaban J connectivity index is 1.71. The van der Waals surface area contributed by atoms with Gasteiger partial charge in [0.15, 0.2) is 0 Å². The van der Waals surface area contributed by atoms with Gasteiger partial charge < -0.3 is 0 Å². The Bertz CT molecular complexity index is 552. The lowest BCUT2D eigenvalue weighted by Gasteiger charge is -2.01. The van der Waals surface area contributed by atoms with Crippen LogP contribution in [0, 0.1) is 0 Å². The third-order valence-corrected chi connectivity index (χ3v) is 3.20. The Morgan fingerprint density at radius 1 is 1.24 bits per heavy atom. The van der Waals surface area contributed by atoms with Crippen molar-refractivity contribution in [2.45, 2.75) is 31.8 Å². The summed E-state index contributed by atoms with van der Waals surface area (Å²) in [7, 11) is 0. The van der Waals surface area contributed by atoms with Crippen molar-refractivity contribution in [2.24, 2.45) is 0 Å². The summed E-state index contributed by atoms with van der Waals surface area (Å²) in [5.41, 5.74) is 1.34. The Hall–Kier alpha value is -1.84. The number of aryl methyl sites for hydroxylation is 2. The van der Waals surface area contributed by atoms with Crippen molar-refractivity contribution in [1.82, 2.24) is 14.1 Å². The van der Waals surface area contributed by atoms with Gasteiger partial charge in [0, 0.05) is 37.4 Å². The van der Waals surface area contributed by atoms with E-state index in [0.29, 0.717) is 6.04 Å². The van der Waals surface area contributed by atoms with E-state index < -0.39 is 0 Å². The normalized spacial score (nSPS) is 15.1. The number of hydrogen-bond donors (Lipinski definition) is 0. The Labute approximate surface area is 99.5 Å². The van der Waals surface area contributed by atoms with Crippen LogP contribution in [0.15, 0.2) is 41.7 Å². The molecule has 0 saturated heterocycles. The van der Waals surface area contributed by atoms with E-state index in [1.807, 2.05) is 29.1 Å². The second kappa shape index (κ2) is 4.20. The molecule has 0 N–H and O–H groups in total. The summed E-state index contributed by atoms with van der Waals surface area (Å²) in [6, 6.07) is 4.44. The highest BCUT2D eigenvalue weighted by Crippen LogP contribution is 2.33. The van der Waals surface area contributed by atoms with Crippen LogP contribution in [0.3, 0.4) is 0 Å². The van der Waals surface area contributed by atoms with Crippen LogP contribution in [0.2, 0.25) is 0 Å². The Morgan fingerprint density at radius 2 is 2.00 bits per heavy atom. The van der Waals surface area contributed by atoms with Gasteiger partial charge in [-0.15, -0.1) is 0 Å². The standard InChI is InChI=1S/C13H15N3O/c17-13-15(9-10-16(13)12-1-2-12)8-5-11-3-6-14-7-4-11/h3-4,6-7,9-10,12H,1-2,5,8H2. The van der Waals surface area contributed by atoms with Crippen LogP contribution >= 0.6 is 0 Å². The summed E-state index contributed by atoms with van der Waals surface area (Å²) in [5, 5.41) is 0. The fourth-order valence-electron chi connectivity index (χ4n) is 2.03. The summed E-state index contributed by atoms with van der Waals surface area (Å²) in [4.78, 5) is 16.0. The second-order valence-corrected chi connectivity index (χ2v) is 4.52. The van der Waals surface area contributed by atoms with Crippen molar-refractivity contribution in [2.75, 3.05) is 0 Å². The van der Waals surface area contributed by atoms with E-state index in [2.05, 4.69) is 4.98 Å². The maximum Gasteiger partial charge on any atom is 0.328 e. The fourth-order valence-corrected chi connectivity index (χ4v) is 2.03. The number of nitrogens with zero attached hydrogens (tertiary/aromatic N) is 3. The summed E-state index contributed by atoms with van der Waals surface area (Å²) in [5.74, 6) is 0. The maximum atomic E-state index is 12.0. The molecule has 2 aromatic heterocycles. The molecule has 0 atom stereocenters. The molecule has 4 heteroatoms. The third-order valence-electron chi connectivity index (χ3n) is 3.20. The summed E-state index contributed by atoms with van der Waals surface area (Å²) in [6.45, 7) is 0.739. The van der Waals surface area contributed by atoms with E-state index in [0.717, 1.165) is 25.8 Å².